The van der Waals surface area contributed by atoms with Gasteiger partial charge in [0.2, 0.25) is 0 Å². The quantitative estimate of drug-likeness (QED) is 0.444. The molecule has 4 heteroatoms. The summed E-state index contributed by atoms with van der Waals surface area (Å²) in [6, 6.07) is 6.82. The Morgan fingerprint density at radius 1 is 1.10 bits per heavy atom. The average molecular weight is 349 g/mol. The molecule has 0 unspecified atom stereocenters. The third-order valence-electron chi connectivity index (χ3n) is 2.99. The standard InChI is InChI=1S/C16H22NO2.Y/c1-3-4-5-6-7-11-17-16(19)15-10-8-9-14(12-15)13(2)18;/h8-10,12H,1,3-7,11H2,2H3,(H,17,19);/q-1;. The third kappa shape index (κ3) is 7.30. The first-order chi connectivity index (χ1) is 9.15. The molecule has 0 fully saturated rings. The summed E-state index contributed by atoms with van der Waals surface area (Å²) in [7, 11) is 0. The number of ketones is 1. The van der Waals surface area contributed by atoms with Crippen molar-refractivity contribution in [2.24, 2.45) is 0 Å². The number of nitrogens with one attached hydrogen (secondary N) is 1. The minimum Gasteiger partial charge on any atom is -0.352 e. The van der Waals surface area contributed by atoms with Gasteiger partial charge in [0.05, 0.1) is 0 Å². The molecule has 0 saturated carbocycles. The van der Waals surface area contributed by atoms with Gasteiger partial charge in [-0.1, -0.05) is 31.4 Å². The number of benzene rings is 1. The van der Waals surface area contributed by atoms with E-state index in [9.17, 15) is 9.59 Å². The predicted octanol–water partition coefficient (Wildman–Crippen LogP) is 3.40. The Morgan fingerprint density at radius 3 is 2.40 bits per heavy atom. The first kappa shape index (κ1) is 19.5. The second kappa shape index (κ2) is 11.2. The molecule has 1 aromatic carbocycles. The fourth-order valence-corrected chi connectivity index (χ4v) is 1.84. The number of hydrogen-bond acceptors (Lipinski definition) is 2. The molecule has 1 rings (SSSR count). The Balaban J connectivity index is 0.00000361. The van der Waals surface area contributed by atoms with Crippen LogP contribution in [0, 0.1) is 6.92 Å². The molecule has 0 aliphatic rings. The molecule has 0 spiro atoms. The molecule has 1 aromatic rings. The van der Waals surface area contributed by atoms with Crippen LogP contribution in [0.3, 0.4) is 0 Å². The number of carbonyl (C=O) groups is 2. The summed E-state index contributed by atoms with van der Waals surface area (Å²) in [5, 5.41) is 2.88. The van der Waals surface area contributed by atoms with Crippen LogP contribution in [-0.4, -0.2) is 18.2 Å². The van der Waals surface area contributed by atoms with Crippen molar-refractivity contribution >= 4 is 11.7 Å². The van der Waals surface area contributed by atoms with Gasteiger partial charge in [0.1, 0.15) is 0 Å². The molecule has 0 aromatic heterocycles. The third-order valence-corrected chi connectivity index (χ3v) is 2.99. The molecule has 0 atom stereocenters. The monoisotopic (exact) mass is 349 g/mol. The van der Waals surface area contributed by atoms with Gasteiger partial charge in [-0.2, -0.15) is 6.42 Å². The van der Waals surface area contributed by atoms with Crippen LogP contribution < -0.4 is 5.32 Å². The molecule has 107 valence electrons. The van der Waals surface area contributed by atoms with Crippen LogP contribution in [0.1, 0.15) is 59.7 Å². The molecular weight excluding hydrogens is 327 g/mol. The number of hydrogen-bond donors (Lipinski definition) is 1. The summed E-state index contributed by atoms with van der Waals surface area (Å²) in [6.45, 7) is 5.98. The van der Waals surface area contributed by atoms with E-state index in [0.717, 1.165) is 25.7 Å². The van der Waals surface area contributed by atoms with E-state index in [-0.39, 0.29) is 44.4 Å². The summed E-state index contributed by atoms with van der Waals surface area (Å²) >= 11 is 0. The Labute approximate surface area is 146 Å². The van der Waals surface area contributed by atoms with Crippen molar-refractivity contribution in [1.82, 2.24) is 5.32 Å². The van der Waals surface area contributed by atoms with Crippen molar-refractivity contribution in [3.63, 3.8) is 0 Å². The van der Waals surface area contributed by atoms with Gasteiger partial charge < -0.3 is 12.2 Å². The van der Waals surface area contributed by atoms with Crippen LogP contribution in [0.4, 0.5) is 0 Å². The largest absolute Gasteiger partial charge is 0.352 e. The van der Waals surface area contributed by atoms with E-state index in [1.165, 1.54) is 13.3 Å². The van der Waals surface area contributed by atoms with Crippen LogP contribution in [0.25, 0.3) is 0 Å². The molecule has 0 saturated heterocycles. The number of rotatable bonds is 8. The van der Waals surface area contributed by atoms with Crippen LogP contribution in [0.15, 0.2) is 24.3 Å². The van der Waals surface area contributed by atoms with Crippen molar-refractivity contribution < 1.29 is 42.3 Å². The Bertz CT molecular complexity index is 432. The maximum absolute atomic E-state index is 11.9. The van der Waals surface area contributed by atoms with Gasteiger partial charge >= 0.3 is 0 Å². The second-order valence-electron chi connectivity index (χ2n) is 4.66. The van der Waals surface area contributed by atoms with E-state index >= 15 is 0 Å². The maximum atomic E-state index is 11.9. The zero-order valence-electron chi connectivity index (χ0n) is 12.2. The minimum atomic E-state index is -0.111. The van der Waals surface area contributed by atoms with E-state index in [1.54, 1.807) is 24.3 Å². The van der Waals surface area contributed by atoms with Gasteiger partial charge in [-0.3, -0.25) is 9.59 Å². The Morgan fingerprint density at radius 2 is 1.75 bits per heavy atom. The van der Waals surface area contributed by atoms with Crippen LogP contribution in [-0.2, 0) is 32.7 Å². The topological polar surface area (TPSA) is 46.2 Å². The Kier molecular flexibility index (Phi) is 10.9. The van der Waals surface area contributed by atoms with Crippen LogP contribution in [0.2, 0.25) is 0 Å². The molecule has 20 heavy (non-hydrogen) atoms. The molecule has 1 amide bonds. The molecule has 0 bridgehead atoms. The van der Waals surface area contributed by atoms with Crippen LogP contribution in [0.5, 0.6) is 0 Å². The SMILES string of the molecule is [CH2-]CCCCCCNC(=O)c1cccc(C(C)=O)c1.[Y]. The summed E-state index contributed by atoms with van der Waals surface area (Å²) in [5.41, 5.74) is 1.12. The zero-order valence-corrected chi connectivity index (χ0v) is 15.0. The molecule has 0 heterocycles. The van der Waals surface area contributed by atoms with Crippen molar-refractivity contribution in [3.05, 3.63) is 42.3 Å². The van der Waals surface area contributed by atoms with E-state index < -0.39 is 0 Å². The summed E-state index contributed by atoms with van der Waals surface area (Å²) in [4.78, 5) is 23.1. The van der Waals surface area contributed by atoms with Gasteiger partial charge in [0.15, 0.2) is 5.78 Å². The molecule has 0 aliphatic heterocycles. The van der Waals surface area contributed by atoms with E-state index in [1.807, 2.05) is 0 Å². The summed E-state index contributed by atoms with van der Waals surface area (Å²) < 4.78 is 0. The van der Waals surface area contributed by atoms with Gasteiger partial charge in [0, 0.05) is 50.4 Å². The van der Waals surface area contributed by atoms with Crippen LogP contribution >= 0.6 is 0 Å². The van der Waals surface area contributed by atoms with Crippen molar-refractivity contribution in [1.29, 1.82) is 0 Å². The van der Waals surface area contributed by atoms with Gasteiger partial charge in [-0.25, -0.2) is 0 Å². The number of amides is 1. The fourth-order valence-electron chi connectivity index (χ4n) is 1.84. The summed E-state index contributed by atoms with van der Waals surface area (Å²) in [6.07, 6.45) is 5.39. The normalized spacial score (nSPS) is 9.70. The smallest absolute Gasteiger partial charge is 0.251 e. The van der Waals surface area contributed by atoms with Gasteiger partial charge in [0.25, 0.3) is 5.91 Å². The van der Waals surface area contributed by atoms with Gasteiger partial charge in [-0.15, -0.1) is 0 Å². The molecule has 0 aliphatic carbocycles. The van der Waals surface area contributed by atoms with Crippen molar-refractivity contribution in [2.75, 3.05) is 6.54 Å². The zero-order chi connectivity index (χ0) is 14.1. The minimum absolute atomic E-state index is 0. The first-order valence-corrected chi connectivity index (χ1v) is 6.83. The van der Waals surface area contributed by atoms with E-state index in [4.69, 9.17) is 0 Å². The number of carbonyl (C=O) groups excluding carboxylic acids is 2. The van der Waals surface area contributed by atoms with Crippen molar-refractivity contribution in [3.8, 4) is 0 Å². The number of Topliss-reactive ketones (excluding diaryl/α,β-unsaturated/α-hetero) is 1. The summed E-state index contributed by atoms with van der Waals surface area (Å²) in [5.74, 6) is -0.136. The molecule has 1 radical (unpaired) electrons. The molecule has 1 N–H and O–H groups in total. The first-order valence-electron chi connectivity index (χ1n) is 6.83. The molecule has 3 nitrogen and oxygen atoms in total. The van der Waals surface area contributed by atoms with Crippen molar-refractivity contribution in [2.45, 2.75) is 39.0 Å². The predicted molar refractivity (Wildman–Crippen MR) is 77.2 cm³/mol. The maximum Gasteiger partial charge on any atom is 0.251 e. The van der Waals surface area contributed by atoms with Gasteiger partial charge in [-0.05, 0) is 25.5 Å². The average Bonchev–Trinajstić information content (AvgIpc) is 2.42. The fraction of sp³-hybridized carbons (Fsp3) is 0.438. The Hall–Kier alpha value is -0.536. The molecular formula is C16H22NO2Y-. The van der Waals surface area contributed by atoms with E-state index in [2.05, 4.69) is 12.2 Å². The van der Waals surface area contributed by atoms with E-state index in [0.29, 0.717) is 17.7 Å². The number of unbranched alkanes of at least 4 members (excludes halogenated alkanes) is 4. The second-order valence-corrected chi connectivity index (χ2v) is 4.66.